The minimum absolute atomic E-state index is 0.0779. The molecular weight excluding hydrogens is 368 g/mol. The summed E-state index contributed by atoms with van der Waals surface area (Å²) >= 11 is 0. The molecule has 0 spiro atoms. The van der Waals surface area contributed by atoms with Gasteiger partial charge in [0.25, 0.3) is 5.69 Å². The molecule has 3 rings (SSSR count). The number of benzene rings is 2. The molecule has 0 aliphatic rings. The Kier molecular flexibility index (Phi) is 7.10. The van der Waals surface area contributed by atoms with Gasteiger partial charge in [0, 0.05) is 49.7 Å². The highest BCUT2D eigenvalue weighted by atomic mass is 16.6. The maximum atomic E-state index is 10.8. The van der Waals surface area contributed by atoms with E-state index < -0.39 is 4.92 Å². The van der Waals surface area contributed by atoms with E-state index in [4.69, 9.17) is 4.74 Å². The van der Waals surface area contributed by atoms with Crippen molar-refractivity contribution >= 4 is 5.69 Å². The van der Waals surface area contributed by atoms with Crippen LogP contribution in [-0.4, -0.2) is 27.9 Å². The normalized spacial score (nSPS) is 12.1. The summed E-state index contributed by atoms with van der Waals surface area (Å²) < 4.78 is 7.66. The Hall–Kier alpha value is -3.03. The number of hydrogen-bond donors (Lipinski definition) is 1. The number of nitro benzene ring substituents is 1. The Morgan fingerprint density at radius 1 is 1.17 bits per heavy atom. The molecule has 0 fully saturated rings. The number of rotatable bonds is 10. The van der Waals surface area contributed by atoms with Crippen LogP contribution in [0.15, 0.2) is 60.8 Å². The number of non-ortho nitro benzene ring substituents is 1. The lowest BCUT2D eigenvalue weighted by Gasteiger charge is -2.13. The third-order valence-corrected chi connectivity index (χ3v) is 4.71. The molecule has 0 amide bonds. The number of nitrogens with one attached hydrogen (secondary N) is 1. The molecule has 1 heterocycles. The minimum Gasteiger partial charge on any atom is -0.374 e. The third-order valence-electron chi connectivity index (χ3n) is 4.71. The summed E-state index contributed by atoms with van der Waals surface area (Å²) in [6.45, 7) is 4.25. The smallest absolute Gasteiger partial charge is 0.269 e. The number of aryl methyl sites for hydroxylation is 1. The third kappa shape index (κ3) is 5.73. The fourth-order valence-corrected chi connectivity index (χ4v) is 3.15. The molecule has 1 N–H and O–H groups in total. The van der Waals surface area contributed by atoms with Crippen LogP contribution in [0.2, 0.25) is 0 Å². The highest BCUT2D eigenvalue weighted by Gasteiger charge is 2.12. The fraction of sp³-hybridized carbons (Fsp3) is 0.318. The van der Waals surface area contributed by atoms with Crippen molar-refractivity contribution < 1.29 is 9.66 Å². The van der Waals surface area contributed by atoms with Gasteiger partial charge >= 0.3 is 0 Å². The molecule has 7 heteroatoms. The number of aromatic nitrogens is 2. The molecule has 1 atom stereocenters. The van der Waals surface area contributed by atoms with E-state index in [0.717, 1.165) is 29.8 Å². The van der Waals surface area contributed by atoms with Crippen molar-refractivity contribution in [2.24, 2.45) is 7.05 Å². The molecule has 0 saturated carbocycles. The van der Waals surface area contributed by atoms with Crippen LogP contribution in [0, 0.1) is 10.1 Å². The largest absolute Gasteiger partial charge is 0.374 e. The standard InChI is InChI=1S/C22H26N4O3/c1-17(18-7-4-3-5-8-18)29-14-6-13-23-15-20-16-25(2)24-22(20)19-9-11-21(12-10-19)26(27)28/h3-5,7-12,16-17,23H,6,13-15H2,1-2H3. The van der Waals surface area contributed by atoms with Gasteiger partial charge in [-0.3, -0.25) is 14.8 Å². The lowest BCUT2D eigenvalue weighted by atomic mass is 10.1. The van der Waals surface area contributed by atoms with E-state index in [1.807, 2.05) is 31.4 Å². The Balaban J connectivity index is 1.47. The van der Waals surface area contributed by atoms with Gasteiger partial charge < -0.3 is 10.1 Å². The van der Waals surface area contributed by atoms with E-state index >= 15 is 0 Å². The Bertz CT molecular complexity index is 923. The summed E-state index contributed by atoms with van der Waals surface area (Å²) in [5, 5.41) is 18.8. The summed E-state index contributed by atoms with van der Waals surface area (Å²) in [5.74, 6) is 0. The molecule has 0 aliphatic heterocycles. The number of ether oxygens (including phenoxy) is 1. The highest BCUT2D eigenvalue weighted by molar-refractivity contribution is 5.64. The molecule has 29 heavy (non-hydrogen) atoms. The van der Waals surface area contributed by atoms with Crippen molar-refractivity contribution in [3.05, 3.63) is 82.0 Å². The number of hydrogen-bond acceptors (Lipinski definition) is 5. The maximum Gasteiger partial charge on any atom is 0.269 e. The zero-order chi connectivity index (χ0) is 20.6. The van der Waals surface area contributed by atoms with E-state index in [-0.39, 0.29) is 11.8 Å². The molecule has 152 valence electrons. The topological polar surface area (TPSA) is 82.2 Å². The summed E-state index contributed by atoms with van der Waals surface area (Å²) in [4.78, 5) is 10.4. The quantitative estimate of drug-likeness (QED) is 0.316. The Morgan fingerprint density at radius 2 is 1.90 bits per heavy atom. The Morgan fingerprint density at radius 3 is 2.59 bits per heavy atom. The highest BCUT2D eigenvalue weighted by Crippen LogP contribution is 2.24. The molecule has 0 bridgehead atoms. The number of nitrogens with zero attached hydrogens (tertiary/aromatic N) is 3. The van der Waals surface area contributed by atoms with Crippen LogP contribution in [0.3, 0.4) is 0 Å². The van der Waals surface area contributed by atoms with Gasteiger partial charge in [0.1, 0.15) is 0 Å². The second kappa shape index (κ2) is 9.95. The average molecular weight is 394 g/mol. The Labute approximate surface area is 170 Å². The zero-order valence-corrected chi connectivity index (χ0v) is 16.7. The van der Waals surface area contributed by atoms with Gasteiger partial charge in [-0.05, 0) is 37.6 Å². The summed E-state index contributed by atoms with van der Waals surface area (Å²) in [6.07, 6.45) is 2.96. The molecule has 2 aromatic carbocycles. The molecule has 0 aliphatic carbocycles. The molecule has 0 radical (unpaired) electrons. The van der Waals surface area contributed by atoms with E-state index in [9.17, 15) is 10.1 Å². The van der Waals surface area contributed by atoms with Crippen LogP contribution < -0.4 is 5.32 Å². The van der Waals surface area contributed by atoms with E-state index in [0.29, 0.717) is 13.2 Å². The molecule has 1 aromatic heterocycles. The van der Waals surface area contributed by atoms with Gasteiger partial charge in [-0.1, -0.05) is 30.3 Å². The van der Waals surface area contributed by atoms with Crippen LogP contribution in [0.25, 0.3) is 11.3 Å². The van der Waals surface area contributed by atoms with Crippen molar-refractivity contribution in [3.8, 4) is 11.3 Å². The summed E-state index contributed by atoms with van der Waals surface area (Å²) in [7, 11) is 1.87. The summed E-state index contributed by atoms with van der Waals surface area (Å²) in [6, 6.07) is 16.7. The first-order valence-electron chi connectivity index (χ1n) is 9.69. The van der Waals surface area contributed by atoms with Gasteiger partial charge in [0.2, 0.25) is 0 Å². The van der Waals surface area contributed by atoms with Crippen molar-refractivity contribution in [2.45, 2.75) is 26.0 Å². The van der Waals surface area contributed by atoms with E-state index in [1.54, 1.807) is 16.8 Å². The predicted octanol–water partition coefficient (Wildman–Crippen LogP) is 4.25. The van der Waals surface area contributed by atoms with E-state index in [1.165, 1.54) is 17.7 Å². The second-order valence-electron chi connectivity index (χ2n) is 6.93. The molecule has 7 nitrogen and oxygen atoms in total. The minimum atomic E-state index is -0.397. The first-order valence-corrected chi connectivity index (χ1v) is 9.69. The van der Waals surface area contributed by atoms with Crippen LogP contribution in [0.5, 0.6) is 0 Å². The lowest BCUT2D eigenvalue weighted by Crippen LogP contribution is -2.17. The summed E-state index contributed by atoms with van der Waals surface area (Å²) in [5.41, 5.74) is 4.02. The fourth-order valence-electron chi connectivity index (χ4n) is 3.15. The number of nitro groups is 1. The van der Waals surface area contributed by atoms with Crippen LogP contribution >= 0.6 is 0 Å². The van der Waals surface area contributed by atoms with Gasteiger partial charge in [0.05, 0.1) is 16.7 Å². The van der Waals surface area contributed by atoms with Crippen molar-refractivity contribution in [3.63, 3.8) is 0 Å². The zero-order valence-electron chi connectivity index (χ0n) is 16.7. The molecule has 1 unspecified atom stereocenters. The predicted molar refractivity (Wildman–Crippen MR) is 112 cm³/mol. The van der Waals surface area contributed by atoms with Gasteiger partial charge in [-0.15, -0.1) is 0 Å². The first kappa shape index (κ1) is 20.7. The van der Waals surface area contributed by atoms with Gasteiger partial charge in [0.15, 0.2) is 0 Å². The molecule has 3 aromatic rings. The van der Waals surface area contributed by atoms with Crippen LogP contribution in [0.4, 0.5) is 5.69 Å². The van der Waals surface area contributed by atoms with Crippen molar-refractivity contribution in [1.82, 2.24) is 15.1 Å². The van der Waals surface area contributed by atoms with Crippen LogP contribution in [0.1, 0.15) is 30.6 Å². The SMILES string of the molecule is CC(OCCCNCc1cn(C)nc1-c1ccc([N+](=O)[O-])cc1)c1ccccc1. The first-order chi connectivity index (χ1) is 14.0. The monoisotopic (exact) mass is 394 g/mol. The molecule has 0 saturated heterocycles. The molecular formula is C22H26N4O3. The maximum absolute atomic E-state index is 10.8. The van der Waals surface area contributed by atoms with E-state index in [2.05, 4.69) is 29.5 Å². The van der Waals surface area contributed by atoms with Gasteiger partial charge in [-0.2, -0.15) is 5.10 Å². The van der Waals surface area contributed by atoms with Crippen molar-refractivity contribution in [1.29, 1.82) is 0 Å². The second-order valence-corrected chi connectivity index (χ2v) is 6.93. The lowest BCUT2D eigenvalue weighted by molar-refractivity contribution is -0.384. The van der Waals surface area contributed by atoms with Crippen LogP contribution in [-0.2, 0) is 18.3 Å². The van der Waals surface area contributed by atoms with Gasteiger partial charge in [-0.25, -0.2) is 0 Å². The van der Waals surface area contributed by atoms with Crippen molar-refractivity contribution in [2.75, 3.05) is 13.2 Å². The average Bonchev–Trinajstić information content (AvgIpc) is 3.11.